The number of hydroxylamine groups is 2. The molecule has 5 heteroatoms. The monoisotopic (exact) mass is 368 g/mol. The van der Waals surface area contributed by atoms with Gasteiger partial charge in [0.25, 0.3) is 0 Å². The fourth-order valence-corrected chi connectivity index (χ4v) is 2.55. The van der Waals surface area contributed by atoms with Crippen LogP contribution in [0.2, 0.25) is 0 Å². The molecule has 1 heterocycles. The van der Waals surface area contributed by atoms with Crippen molar-refractivity contribution in [1.29, 1.82) is 0 Å². The van der Waals surface area contributed by atoms with Gasteiger partial charge in [-0.1, -0.05) is 15.9 Å². The Morgan fingerprint density at radius 2 is 1.86 bits per heavy atom. The molecule has 122 valence electrons. The van der Waals surface area contributed by atoms with Crippen molar-refractivity contribution in [2.75, 3.05) is 25.0 Å². The summed E-state index contributed by atoms with van der Waals surface area (Å²) >= 11 is 3.44. The number of rotatable bonds is 4. The van der Waals surface area contributed by atoms with Crippen LogP contribution in [0.15, 0.2) is 28.7 Å². The van der Waals surface area contributed by atoms with Crippen molar-refractivity contribution in [2.24, 2.45) is 11.3 Å². The predicted octanol–water partition coefficient (Wildman–Crippen LogP) is 4.08. The molecule has 0 aliphatic carbocycles. The minimum atomic E-state index is -0.444. The molecule has 1 fully saturated rings. The average Bonchev–Trinajstić information content (AvgIpc) is 2.47. The Morgan fingerprint density at radius 3 is 2.41 bits per heavy atom. The number of halogens is 1. The van der Waals surface area contributed by atoms with Gasteiger partial charge < -0.3 is 10.2 Å². The molecule has 22 heavy (non-hydrogen) atoms. The third-order valence-corrected chi connectivity index (χ3v) is 4.37. The molecule has 0 amide bonds. The molecule has 0 radical (unpaired) electrons. The van der Waals surface area contributed by atoms with E-state index in [1.165, 1.54) is 0 Å². The van der Waals surface area contributed by atoms with E-state index in [1.807, 2.05) is 38.0 Å². The number of piperidine rings is 1. The molecule has 1 saturated heterocycles. The maximum Gasteiger partial charge on any atom is 0.330 e. The Bertz CT molecular complexity index is 488. The number of hydrogen-bond acceptors (Lipinski definition) is 4. The first-order chi connectivity index (χ1) is 10.3. The highest BCUT2D eigenvalue weighted by Crippen LogP contribution is 2.22. The lowest BCUT2D eigenvalue weighted by Crippen LogP contribution is -2.40. The lowest BCUT2D eigenvalue weighted by atomic mass is 9.97. The molecule has 1 aromatic rings. The van der Waals surface area contributed by atoms with E-state index in [9.17, 15) is 4.79 Å². The first kappa shape index (κ1) is 17.3. The van der Waals surface area contributed by atoms with E-state index < -0.39 is 5.41 Å². The number of benzene rings is 1. The Hall–Kier alpha value is -1.07. The van der Waals surface area contributed by atoms with E-state index in [-0.39, 0.29) is 5.97 Å². The van der Waals surface area contributed by atoms with E-state index >= 15 is 0 Å². The second-order valence-corrected chi connectivity index (χ2v) is 7.80. The standard InChI is InChI=1S/C17H25BrN2O2/c1-17(2,3)16(21)22-20-10-8-13(9-11-20)12-19-15-6-4-14(18)5-7-15/h4-7,13,19H,8-12H2,1-3H3. The quantitative estimate of drug-likeness (QED) is 0.869. The smallest absolute Gasteiger partial charge is 0.330 e. The van der Waals surface area contributed by atoms with Gasteiger partial charge in [-0.3, -0.25) is 0 Å². The Balaban J connectivity index is 1.71. The number of nitrogens with zero attached hydrogens (tertiary/aromatic N) is 1. The largest absolute Gasteiger partial charge is 0.385 e. The zero-order valence-corrected chi connectivity index (χ0v) is 15.1. The van der Waals surface area contributed by atoms with Crippen molar-refractivity contribution >= 4 is 27.6 Å². The molecular weight excluding hydrogens is 344 g/mol. The van der Waals surface area contributed by atoms with Crippen LogP contribution in [-0.4, -0.2) is 30.7 Å². The van der Waals surface area contributed by atoms with E-state index in [0.717, 1.165) is 42.6 Å². The molecule has 0 atom stereocenters. The van der Waals surface area contributed by atoms with Gasteiger partial charge in [0.2, 0.25) is 0 Å². The highest BCUT2D eigenvalue weighted by molar-refractivity contribution is 9.10. The molecule has 1 aliphatic heterocycles. The third kappa shape index (κ3) is 5.29. The summed E-state index contributed by atoms with van der Waals surface area (Å²) in [6.45, 7) is 8.23. The van der Waals surface area contributed by atoms with E-state index in [4.69, 9.17) is 4.84 Å². The van der Waals surface area contributed by atoms with Gasteiger partial charge >= 0.3 is 5.97 Å². The Kier molecular flexibility index (Phi) is 5.87. The fourth-order valence-electron chi connectivity index (χ4n) is 2.29. The summed E-state index contributed by atoms with van der Waals surface area (Å²) in [5.41, 5.74) is 0.699. The molecule has 1 aromatic carbocycles. The fraction of sp³-hybridized carbons (Fsp3) is 0.588. The lowest BCUT2D eigenvalue weighted by Gasteiger charge is -2.32. The van der Waals surface area contributed by atoms with Crippen LogP contribution in [0.5, 0.6) is 0 Å². The van der Waals surface area contributed by atoms with Crippen molar-refractivity contribution in [3.63, 3.8) is 0 Å². The molecule has 1 N–H and O–H groups in total. The summed E-state index contributed by atoms with van der Waals surface area (Å²) in [5, 5.41) is 5.28. The van der Waals surface area contributed by atoms with Crippen molar-refractivity contribution in [3.8, 4) is 0 Å². The van der Waals surface area contributed by atoms with Crippen LogP contribution in [-0.2, 0) is 9.63 Å². The first-order valence-corrected chi connectivity index (χ1v) is 8.60. The third-order valence-electron chi connectivity index (χ3n) is 3.84. The molecule has 2 rings (SSSR count). The summed E-state index contributed by atoms with van der Waals surface area (Å²) in [6, 6.07) is 8.22. The normalized spacial score (nSPS) is 17.3. The van der Waals surface area contributed by atoms with E-state index in [1.54, 1.807) is 0 Å². The van der Waals surface area contributed by atoms with Crippen LogP contribution in [0.4, 0.5) is 5.69 Å². The van der Waals surface area contributed by atoms with Gasteiger partial charge in [0.05, 0.1) is 5.41 Å². The van der Waals surface area contributed by atoms with Gasteiger partial charge in [-0.2, -0.15) is 0 Å². The molecule has 4 nitrogen and oxygen atoms in total. The minimum Gasteiger partial charge on any atom is -0.385 e. The summed E-state index contributed by atoms with van der Waals surface area (Å²) in [7, 11) is 0. The lowest BCUT2D eigenvalue weighted by molar-refractivity contribution is -0.205. The molecular formula is C17H25BrN2O2. The summed E-state index contributed by atoms with van der Waals surface area (Å²) in [5.74, 6) is 0.465. The minimum absolute atomic E-state index is 0.154. The van der Waals surface area contributed by atoms with Gasteiger partial charge in [0.15, 0.2) is 0 Å². The van der Waals surface area contributed by atoms with Crippen LogP contribution in [0.3, 0.4) is 0 Å². The molecule has 0 unspecified atom stereocenters. The number of anilines is 1. The van der Waals surface area contributed by atoms with Crippen LogP contribution < -0.4 is 5.32 Å². The van der Waals surface area contributed by atoms with Gasteiger partial charge in [0.1, 0.15) is 0 Å². The van der Waals surface area contributed by atoms with Gasteiger partial charge in [-0.05, 0) is 63.8 Å². The van der Waals surface area contributed by atoms with Crippen molar-refractivity contribution in [1.82, 2.24) is 5.06 Å². The Morgan fingerprint density at radius 1 is 1.27 bits per heavy atom. The topological polar surface area (TPSA) is 41.6 Å². The van der Waals surface area contributed by atoms with Gasteiger partial charge in [-0.15, -0.1) is 5.06 Å². The molecule has 0 saturated carbocycles. The predicted molar refractivity (Wildman–Crippen MR) is 92.5 cm³/mol. The second kappa shape index (κ2) is 7.47. The maximum atomic E-state index is 11.9. The van der Waals surface area contributed by atoms with E-state index in [2.05, 4.69) is 33.4 Å². The highest BCUT2D eigenvalue weighted by Gasteiger charge is 2.28. The van der Waals surface area contributed by atoms with Crippen LogP contribution >= 0.6 is 15.9 Å². The zero-order chi connectivity index (χ0) is 16.2. The van der Waals surface area contributed by atoms with Crippen LogP contribution in [0, 0.1) is 11.3 Å². The SMILES string of the molecule is CC(C)(C)C(=O)ON1CCC(CNc2ccc(Br)cc2)CC1. The zero-order valence-electron chi connectivity index (χ0n) is 13.6. The van der Waals surface area contributed by atoms with Crippen molar-refractivity contribution < 1.29 is 9.63 Å². The maximum absolute atomic E-state index is 11.9. The van der Waals surface area contributed by atoms with Crippen molar-refractivity contribution in [3.05, 3.63) is 28.7 Å². The number of nitrogens with one attached hydrogen (secondary N) is 1. The second-order valence-electron chi connectivity index (χ2n) is 6.89. The first-order valence-electron chi connectivity index (χ1n) is 7.81. The molecule has 1 aliphatic rings. The van der Waals surface area contributed by atoms with E-state index in [0.29, 0.717) is 5.92 Å². The molecule has 0 spiro atoms. The highest BCUT2D eigenvalue weighted by atomic mass is 79.9. The number of hydrogen-bond donors (Lipinski definition) is 1. The van der Waals surface area contributed by atoms with Crippen molar-refractivity contribution in [2.45, 2.75) is 33.6 Å². The molecule has 0 aromatic heterocycles. The number of carbonyl (C=O) groups excluding carboxylic acids is 1. The number of carbonyl (C=O) groups is 1. The van der Waals surface area contributed by atoms with Crippen LogP contribution in [0.1, 0.15) is 33.6 Å². The Labute approximate surface area is 141 Å². The van der Waals surface area contributed by atoms with Gasteiger partial charge in [-0.25, -0.2) is 4.79 Å². The summed E-state index contributed by atoms with van der Waals surface area (Å²) in [6.07, 6.45) is 2.09. The summed E-state index contributed by atoms with van der Waals surface area (Å²) in [4.78, 5) is 17.3. The average molecular weight is 369 g/mol. The van der Waals surface area contributed by atoms with Crippen LogP contribution in [0.25, 0.3) is 0 Å². The van der Waals surface area contributed by atoms with Gasteiger partial charge in [0, 0.05) is 29.8 Å². The molecule has 0 bridgehead atoms. The summed E-state index contributed by atoms with van der Waals surface area (Å²) < 4.78 is 1.09.